The molecule has 0 spiro atoms. The quantitative estimate of drug-likeness (QED) is 0.673. The molecule has 0 fully saturated rings. The maximum Gasteiger partial charge on any atom is 0.249 e. The average Bonchev–Trinajstić information content (AvgIpc) is 2.21. The molecular weight excluding hydrogens is 178 g/mol. The van der Waals surface area contributed by atoms with E-state index in [2.05, 4.69) is 0 Å². The van der Waals surface area contributed by atoms with Crippen molar-refractivity contribution in [2.24, 2.45) is 0 Å². The molecule has 0 unspecified atom stereocenters. The Kier molecular flexibility index (Phi) is 1.74. The third kappa shape index (κ3) is 0.988. The first-order chi connectivity index (χ1) is 6.63. The van der Waals surface area contributed by atoms with Crippen molar-refractivity contribution in [3.63, 3.8) is 0 Å². The molecule has 2 rings (SSSR count). The molecule has 0 aromatic heterocycles. The Balaban J connectivity index is 2.69. The summed E-state index contributed by atoms with van der Waals surface area (Å²) >= 11 is 0. The SMILES string of the molecule is Cc1ccccc1-c1c(N)c(=O)c1=O. The van der Waals surface area contributed by atoms with E-state index in [4.69, 9.17) is 5.73 Å². The van der Waals surface area contributed by atoms with Crippen LogP contribution in [0, 0.1) is 6.92 Å². The van der Waals surface area contributed by atoms with Crippen LogP contribution in [0.25, 0.3) is 11.1 Å². The molecule has 0 saturated carbocycles. The van der Waals surface area contributed by atoms with Gasteiger partial charge in [0.05, 0.1) is 11.3 Å². The van der Waals surface area contributed by atoms with E-state index in [1.54, 1.807) is 6.07 Å². The second-order valence-electron chi connectivity index (χ2n) is 3.26. The van der Waals surface area contributed by atoms with Gasteiger partial charge in [0.15, 0.2) is 0 Å². The molecular formula is C11H9NO2. The minimum absolute atomic E-state index is 0.0873. The van der Waals surface area contributed by atoms with Gasteiger partial charge >= 0.3 is 0 Å². The highest BCUT2D eigenvalue weighted by atomic mass is 16.2. The Morgan fingerprint density at radius 3 is 2.29 bits per heavy atom. The molecule has 0 aliphatic rings. The normalized spacial score (nSPS) is 10.6. The second-order valence-corrected chi connectivity index (χ2v) is 3.26. The summed E-state index contributed by atoms with van der Waals surface area (Å²) < 4.78 is 0. The molecule has 0 amide bonds. The van der Waals surface area contributed by atoms with Gasteiger partial charge in [0, 0.05) is 0 Å². The lowest BCUT2D eigenvalue weighted by Crippen LogP contribution is -2.35. The Bertz CT molecular complexity index is 563. The van der Waals surface area contributed by atoms with Gasteiger partial charge in [0.2, 0.25) is 10.9 Å². The van der Waals surface area contributed by atoms with Crippen molar-refractivity contribution in [2.45, 2.75) is 6.92 Å². The lowest BCUT2D eigenvalue weighted by molar-refractivity contribution is 1.37. The van der Waals surface area contributed by atoms with E-state index in [1.807, 2.05) is 25.1 Å². The van der Waals surface area contributed by atoms with E-state index in [0.29, 0.717) is 5.56 Å². The third-order valence-electron chi connectivity index (χ3n) is 2.36. The van der Waals surface area contributed by atoms with Gasteiger partial charge in [-0.3, -0.25) is 9.59 Å². The zero-order valence-corrected chi connectivity index (χ0v) is 7.70. The van der Waals surface area contributed by atoms with Gasteiger partial charge < -0.3 is 5.73 Å². The smallest absolute Gasteiger partial charge is 0.249 e. The maximum atomic E-state index is 11.2. The van der Waals surface area contributed by atoms with Crippen LogP contribution >= 0.6 is 0 Å². The van der Waals surface area contributed by atoms with Gasteiger partial charge in [-0.15, -0.1) is 0 Å². The first kappa shape index (κ1) is 8.69. The summed E-state index contributed by atoms with van der Waals surface area (Å²) in [5.74, 6) is 0. The standard InChI is InChI=1S/C11H9NO2/c1-6-4-2-3-5-7(6)8-9(12)11(14)10(8)13/h2-5H,12H2,1H3. The van der Waals surface area contributed by atoms with Crippen LogP contribution in [0.2, 0.25) is 0 Å². The Labute approximate surface area is 80.5 Å². The highest BCUT2D eigenvalue weighted by Crippen LogP contribution is 2.24. The molecule has 0 saturated heterocycles. The van der Waals surface area contributed by atoms with Gasteiger partial charge in [-0.05, 0) is 18.1 Å². The number of hydrogen-bond donors (Lipinski definition) is 1. The second kappa shape index (κ2) is 2.80. The van der Waals surface area contributed by atoms with Crippen molar-refractivity contribution >= 4 is 5.69 Å². The van der Waals surface area contributed by atoms with Crippen molar-refractivity contribution in [3.8, 4) is 11.1 Å². The van der Waals surface area contributed by atoms with Crippen LogP contribution in [0.4, 0.5) is 5.69 Å². The van der Waals surface area contributed by atoms with E-state index in [0.717, 1.165) is 11.1 Å². The first-order valence-electron chi connectivity index (χ1n) is 4.27. The number of hydrogen-bond acceptors (Lipinski definition) is 3. The van der Waals surface area contributed by atoms with Crippen molar-refractivity contribution in [3.05, 3.63) is 50.3 Å². The van der Waals surface area contributed by atoms with Crippen molar-refractivity contribution < 1.29 is 0 Å². The van der Waals surface area contributed by atoms with Crippen LogP contribution in [0.5, 0.6) is 0 Å². The molecule has 70 valence electrons. The summed E-state index contributed by atoms with van der Waals surface area (Å²) in [5, 5.41) is 0. The molecule has 0 radical (unpaired) electrons. The largest absolute Gasteiger partial charge is 0.395 e. The fourth-order valence-corrected chi connectivity index (χ4v) is 1.53. The van der Waals surface area contributed by atoms with Gasteiger partial charge in [-0.1, -0.05) is 24.3 Å². The van der Waals surface area contributed by atoms with Crippen molar-refractivity contribution in [2.75, 3.05) is 5.73 Å². The van der Waals surface area contributed by atoms with E-state index >= 15 is 0 Å². The van der Waals surface area contributed by atoms with Crippen molar-refractivity contribution in [1.29, 1.82) is 0 Å². The monoisotopic (exact) mass is 187 g/mol. The summed E-state index contributed by atoms with van der Waals surface area (Å²) in [5.41, 5.74) is 6.59. The number of nitrogens with two attached hydrogens (primary N) is 1. The fourth-order valence-electron chi connectivity index (χ4n) is 1.53. The lowest BCUT2D eigenvalue weighted by Gasteiger charge is -2.08. The van der Waals surface area contributed by atoms with E-state index < -0.39 is 10.9 Å². The Morgan fingerprint density at radius 1 is 1.07 bits per heavy atom. The summed E-state index contributed by atoms with van der Waals surface area (Å²) in [6.07, 6.45) is 0. The molecule has 0 heterocycles. The van der Waals surface area contributed by atoms with E-state index in [9.17, 15) is 9.59 Å². The van der Waals surface area contributed by atoms with Crippen LogP contribution in [0.3, 0.4) is 0 Å². The van der Waals surface area contributed by atoms with Gasteiger partial charge in [0.1, 0.15) is 0 Å². The average molecular weight is 187 g/mol. The van der Waals surface area contributed by atoms with E-state index in [1.165, 1.54) is 0 Å². The highest BCUT2D eigenvalue weighted by molar-refractivity contribution is 5.81. The molecule has 3 heteroatoms. The summed E-state index contributed by atoms with van der Waals surface area (Å²) in [6.45, 7) is 1.88. The number of anilines is 1. The molecule has 14 heavy (non-hydrogen) atoms. The number of rotatable bonds is 1. The first-order valence-corrected chi connectivity index (χ1v) is 4.27. The molecule has 0 aliphatic carbocycles. The molecule has 0 atom stereocenters. The van der Waals surface area contributed by atoms with Crippen LogP contribution in [0.1, 0.15) is 5.56 Å². The maximum absolute atomic E-state index is 11.2. The molecule has 0 aliphatic heterocycles. The summed E-state index contributed by atoms with van der Waals surface area (Å²) in [7, 11) is 0. The minimum Gasteiger partial charge on any atom is -0.395 e. The molecule has 2 aromatic carbocycles. The minimum atomic E-state index is -0.566. The summed E-state index contributed by atoms with van der Waals surface area (Å²) in [4.78, 5) is 22.2. The molecule has 2 aromatic rings. The Morgan fingerprint density at radius 2 is 1.71 bits per heavy atom. The highest BCUT2D eigenvalue weighted by Gasteiger charge is 2.20. The zero-order valence-electron chi connectivity index (χ0n) is 7.70. The number of nitrogen functional groups attached to an aromatic ring is 1. The van der Waals surface area contributed by atoms with Gasteiger partial charge in [0.25, 0.3) is 0 Å². The van der Waals surface area contributed by atoms with Crippen molar-refractivity contribution in [1.82, 2.24) is 0 Å². The van der Waals surface area contributed by atoms with E-state index in [-0.39, 0.29) is 5.69 Å². The molecule has 3 nitrogen and oxygen atoms in total. The topological polar surface area (TPSA) is 60.2 Å². The van der Waals surface area contributed by atoms with Crippen LogP contribution in [-0.4, -0.2) is 0 Å². The molecule has 2 N–H and O–H groups in total. The third-order valence-corrected chi connectivity index (χ3v) is 2.36. The zero-order chi connectivity index (χ0) is 10.3. The van der Waals surface area contributed by atoms with Crippen LogP contribution in [-0.2, 0) is 0 Å². The number of aryl methyl sites for hydroxylation is 1. The Hall–Kier alpha value is -1.90. The fraction of sp³-hybridized carbons (Fsp3) is 0.0909. The lowest BCUT2D eigenvalue weighted by atomic mass is 9.95. The van der Waals surface area contributed by atoms with Crippen LogP contribution in [0.15, 0.2) is 33.9 Å². The predicted octanol–water partition coefficient (Wildman–Crippen LogP) is 0.840. The summed E-state index contributed by atoms with van der Waals surface area (Å²) in [6, 6.07) is 7.37. The van der Waals surface area contributed by atoms with Crippen LogP contribution < -0.4 is 16.6 Å². The molecule has 0 bridgehead atoms. The predicted molar refractivity (Wildman–Crippen MR) is 55.9 cm³/mol. The number of benzene rings is 1. The van der Waals surface area contributed by atoms with Gasteiger partial charge in [-0.25, -0.2) is 0 Å². The van der Waals surface area contributed by atoms with Gasteiger partial charge in [-0.2, -0.15) is 0 Å².